The maximum atomic E-state index is 11.2. The normalized spacial score (nSPS) is 11.5. The summed E-state index contributed by atoms with van der Waals surface area (Å²) in [6, 6.07) is 9.93. The van der Waals surface area contributed by atoms with Gasteiger partial charge in [-0.15, -0.1) is 0 Å². The molecule has 0 saturated carbocycles. The number of aromatic nitrogens is 1. The van der Waals surface area contributed by atoms with Gasteiger partial charge in [0.25, 0.3) is 0 Å². The topological polar surface area (TPSA) is 47.0 Å². The second-order valence-electron chi connectivity index (χ2n) is 4.94. The van der Waals surface area contributed by atoms with Crippen molar-refractivity contribution in [2.24, 2.45) is 0 Å². The molecule has 1 heterocycles. The molecule has 0 aliphatic heterocycles. The van der Waals surface area contributed by atoms with E-state index in [4.69, 9.17) is 0 Å². The predicted octanol–water partition coefficient (Wildman–Crippen LogP) is 2.91. The van der Waals surface area contributed by atoms with Gasteiger partial charge in [-0.25, -0.2) is 8.42 Å². The molecule has 2 rings (SSSR count). The lowest BCUT2D eigenvalue weighted by Gasteiger charge is -2.07. The predicted molar refractivity (Wildman–Crippen MR) is 77.7 cm³/mol. The van der Waals surface area contributed by atoms with Crippen LogP contribution in [0.5, 0.6) is 0 Å². The third-order valence-corrected chi connectivity index (χ3v) is 3.78. The fourth-order valence-corrected chi connectivity index (χ4v) is 2.76. The van der Waals surface area contributed by atoms with Crippen LogP contribution in [-0.4, -0.2) is 19.7 Å². The molecular formula is C15H17NO2S. The van der Waals surface area contributed by atoms with Gasteiger partial charge in [0, 0.05) is 18.0 Å². The minimum absolute atomic E-state index is 0.0348. The van der Waals surface area contributed by atoms with E-state index in [2.05, 4.69) is 23.2 Å². The zero-order chi connectivity index (χ0) is 14.0. The summed E-state index contributed by atoms with van der Waals surface area (Å²) < 4.78 is 22.5. The molecule has 1 aromatic heterocycles. The molecule has 0 aliphatic rings. The standard InChI is InChI=1S/C15H17NO2S/c1-11-4-5-12(2)14(8-11)15-7-6-13(9-16-15)10-19(3,17)18/h4-9H,10H2,1-3H3. The molecule has 0 saturated heterocycles. The first-order valence-corrected chi connectivity index (χ1v) is 8.11. The summed E-state index contributed by atoms with van der Waals surface area (Å²) in [4.78, 5) is 4.37. The molecule has 0 radical (unpaired) electrons. The van der Waals surface area contributed by atoms with Crippen LogP contribution in [-0.2, 0) is 15.6 Å². The molecule has 0 aliphatic carbocycles. The van der Waals surface area contributed by atoms with Gasteiger partial charge in [0.15, 0.2) is 9.84 Å². The van der Waals surface area contributed by atoms with E-state index in [1.807, 2.05) is 26.0 Å². The first-order valence-electron chi connectivity index (χ1n) is 6.05. The Morgan fingerprint density at radius 1 is 1.11 bits per heavy atom. The molecule has 2 aromatic rings. The van der Waals surface area contributed by atoms with Gasteiger partial charge >= 0.3 is 0 Å². The van der Waals surface area contributed by atoms with Crippen LogP contribution in [0.4, 0.5) is 0 Å². The maximum absolute atomic E-state index is 11.2. The van der Waals surface area contributed by atoms with Gasteiger partial charge in [-0.2, -0.15) is 0 Å². The Balaban J connectivity index is 2.35. The van der Waals surface area contributed by atoms with Crippen molar-refractivity contribution in [1.82, 2.24) is 4.98 Å². The van der Waals surface area contributed by atoms with Gasteiger partial charge in [-0.3, -0.25) is 4.98 Å². The molecule has 0 amide bonds. The summed E-state index contributed by atoms with van der Waals surface area (Å²) in [6.45, 7) is 4.09. The number of rotatable bonds is 3. The highest BCUT2D eigenvalue weighted by Gasteiger charge is 2.07. The summed E-state index contributed by atoms with van der Waals surface area (Å²) >= 11 is 0. The number of aryl methyl sites for hydroxylation is 2. The van der Waals surface area contributed by atoms with Crippen LogP contribution in [0.2, 0.25) is 0 Å². The highest BCUT2D eigenvalue weighted by molar-refractivity contribution is 7.89. The number of pyridine rings is 1. The second kappa shape index (κ2) is 5.13. The van der Waals surface area contributed by atoms with Gasteiger partial charge < -0.3 is 0 Å². The van der Waals surface area contributed by atoms with Crippen molar-refractivity contribution in [3.05, 3.63) is 53.2 Å². The fraction of sp³-hybridized carbons (Fsp3) is 0.267. The van der Waals surface area contributed by atoms with Gasteiger partial charge in [0.2, 0.25) is 0 Å². The Kier molecular flexibility index (Phi) is 3.71. The smallest absolute Gasteiger partial charge is 0.151 e. The molecule has 3 nitrogen and oxygen atoms in total. The lowest BCUT2D eigenvalue weighted by Crippen LogP contribution is -2.01. The van der Waals surface area contributed by atoms with E-state index in [-0.39, 0.29) is 5.75 Å². The molecular weight excluding hydrogens is 258 g/mol. The summed E-state index contributed by atoms with van der Waals surface area (Å²) in [5, 5.41) is 0. The first kappa shape index (κ1) is 13.7. The van der Waals surface area contributed by atoms with Crippen molar-refractivity contribution in [2.45, 2.75) is 19.6 Å². The SMILES string of the molecule is Cc1ccc(C)c(-c2ccc(CS(C)(=O)=O)cn2)c1. The lowest BCUT2D eigenvalue weighted by atomic mass is 10.0. The van der Waals surface area contributed by atoms with Crippen molar-refractivity contribution < 1.29 is 8.42 Å². The second-order valence-corrected chi connectivity index (χ2v) is 7.08. The van der Waals surface area contributed by atoms with Crippen LogP contribution in [0, 0.1) is 13.8 Å². The highest BCUT2D eigenvalue weighted by Crippen LogP contribution is 2.23. The summed E-state index contributed by atoms with van der Waals surface area (Å²) in [6.07, 6.45) is 2.86. The number of hydrogen-bond acceptors (Lipinski definition) is 3. The third kappa shape index (κ3) is 3.64. The Morgan fingerprint density at radius 2 is 1.84 bits per heavy atom. The number of sulfone groups is 1. The molecule has 0 spiro atoms. The first-order chi connectivity index (χ1) is 8.85. The molecule has 1 aromatic carbocycles. The van der Waals surface area contributed by atoms with Crippen LogP contribution in [0.1, 0.15) is 16.7 Å². The lowest BCUT2D eigenvalue weighted by molar-refractivity contribution is 0.601. The van der Waals surface area contributed by atoms with Crippen LogP contribution < -0.4 is 0 Å². The van der Waals surface area contributed by atoms with Gasteiger partial charge in [-0.1, -0.05) is 23.8 Å². The van der Waals surface area contributed by atoms with E-state index < -0.39 is 9.84 Å². The van der Waals surface area contributed by atoms with E-state index in [1.54, 1.807) is 6.20 Å². The van der Waals surface area contributed by atoms with E-state index >= 15 is 0 Å². The zero-order valence-electron chi connectivity index (χ0n) is 11.3. The van der Waals surface area contributed by atoms with Crippen LogP contribution >= 0.6 is 0 Å². The van der Waals surface area contributed by atoms with E-state index in [9.17, 15) is 8.42 Å². The Hall–Kier alpha value is -1.68. The van der Waals surface area contributed by atoms with Gasteiger partial charge in [0.1, 0.15) is 0 Å². The summed E-state index contributed by atoms with van der Waals surface area (Å²) in [5.41, 5.74) is 5.03. The van der Waals surface area contributed by atoms with Crippen molar-refractivity contribution in [3.8, 4) is 11.3 Å². The largest absolute Gasteiger partial charge is 0.256 e. The van der Waals surface area contributed by atoms with Gasteiger partial charge in [-0.05, 0) is 37.1 Å². The Labute approximate surface area is 114 Å². The molecule has 19 heavy (non-hydrogen) atoms. The molecule has 0 atom stereocenters. The molecule has 0 unspecified atom stereocenters. The number of hydrogen-bond donors (Lipinski definition) is 0. The summed E-state index contributed by atoms with van der Waals surface area (Å²) in [7, 11) is -3.01. The number of nitrogens with zero attached hydrogens (tertiary/aromatic N) is 1. The Morgan fingerprint density at radius 3 is 2.42 bits per heavy atom. The zero-order valence-corrected chi connectivity index (χ0v) is 12.2. The van der Waals surface area contributed by atoms with Crippen molar-refractivity contribution in [2.75, 3.05) is 6.26 Å². The molecule has 0 fully saturated rings. The van der Waals surface area contributed by atoms with Crippen LogP contribution in [0.25, 0.3) is 11.3 Å². The molecule has 4 heteroatoms. The summed E-state index contributed by atoms with van der Waals surface area (Å²) in [5.74, 6) is 0.0348. The number of benzene rings is 1. The quantitative estimate of drug-likeness (QED) is 0.865. The minimum atomic E-state index is -3.01. The Bertz CT molecular complexity index is 689. The van der Waals surface area contributed by atoms with Crippen molar-refractivity contribution in [3.63, 3.8) is 0 Å². The van der Waals surface area contributed by atoms with E-state index in [0.717, 1.165) is 22.4 Å². The minimum Gasteiger partial charge on any atom is -0.256 e. The average Bonchev–Trinajstić information content (AvgIpc) is 2.31. The molecule has 0 bridgehead atoms. The fourth-order valence-electron chi connectivity index (χ4n) is 1.98. The monoisotopic (exact) mass is 275 g/mol. The van der Waals surface area contributed by atoms with Crippen molar-refractivity contribution in [1.29, 1.82) is 0 Å². The molecule has 0 N–H and O–H groups in total. The maximum Gasteiger partial charge on any atom is 0.151 e. The highest BCUT2D eigenvalue weighted by atomic mass is 32.2. The van der Waals surface area contributed by atoms with Crippen molar-refractivity contribution >= 4 is 9.84 Å². The van der Waals surface area contributed by atoms with E-state index in [0.29, 0.717) is 0 Å². The third-order valence-electron chi connectivity index (χ3n) is 2.92. The van der Waals surface area contributed by atoms with E-state index in [1.165, 1.54) is 11.8 Å². The van der Waals surface area contributed by atoms with Gasteiger partial charge in [0.05, 0.1) is 11.4 Å². The average molecular weight is 275 g/mol. The van der Waals surface area contributed by atoms with Crippen LogP contribution in [0.3, 0.4) is 0 Å². The molecule has 100 valence electrons. The van der Waals surface area contributed by atoms with Crippen LogP contribution in [0.15, 0.2) is 36.5 Å².